The largest absolute Gasteiger partial charge is 0.393 e. The highest BCUT2D eigenvalue weighted by molar-refractivity contribution is 9.10. The Kier molecular flexibility index (Phi) is 2.64. The van der Waals surface area contributed by atoms with Gasteiger partial charge in [-0.3, -0.25) is 0 Å². The van der Waals surface area contributed by atoms with Crippen LogP contribution in [0.3, 0.4) is 0 Å². The fourth-order valence-corrected chi connectivity index (χ4v) is 2.71. The molecule has 0 aliphatic heterocycles. The van der Waals surface area contributed by atoms with Gasteiger partial charge in [-0.05, 0) is 30.0 Å². The van der Waals surface area contributed by atoms with Gasteiger partial charge in [-0.2, -0.15) is 0 Å². The van der Waals surface area contributed by atoms with Crippen molar-refractivity contribution < 1.29 is 9.84 Å². The minimum atomic E-state index is -0.473. The van der Waals surface area contributed by atoms with Crippen LogP contribution in [0.2, 0.25) is 0 Å². The van der Waals surface area contributed by atoms with E-state index in [2.05, 4.69) is 15.9 Å². The van der Waals surface area contributed by atoms with Gasteiger partial charge in [0.1, 0.15) is 5.60 Å². The number of benzene rings is 1. The molecule has 2 rings (SSSR count). The van der Waals surface area contributed by atoms with Crippen LogP contribution >= 0.6 is 15.9 Å². The van der Waals surface area contributed by atoms with Gasteiger partial charge in [0, 0.05) is 11.6 Å². The lowest BCUT2D eigenvalue weighted by Gasteiger charge is -2.26. The summed E-state index contributed by atoms with van der Waals surface area (Å²) in [6, 6.07) is 6.05. The minimum absolute atomic E-state index is 0.0486. The standard InChI is InChI=1S/C11H13BrO2/c1-14-11(7-13)6-5-8-9(11)3-2-4-10(8)12/h2-4,13H,5-7H2,1H3. The average molecular weight is 257 g/mol. The Bertz CT molecular complexity index is 345. The summed E-state index contributed by atoms with van der Waals surface area (Å²) in [6.07, 6.45) is 1.82. The minimum Gasteiger partial charge on any atom is -0.393 e. The second-order valence-corrected chi connectivity index (χ2v) is 4.48. The summed E-state index contributed by atoms with van der Waals surface area (Å²) < 4.78 is 6.57. The van der Waals surface area contributed by atoms with Gasteiger partial charge in [0.05, 0.1) is 6.61 Å². The van der Waals surface area contributed by atoms with E-state index in [1.54, 1.807) is 7.11 Å². The number of aliphatic hydroxyl groups excluding tert-OH is 1. The molecule has 76 valence electrons. The van der Waals surface area contributed by atoms with Crippen molar-refractivity contribution in [3.63, 3.8) is 0 Å². The van der Waals surface area contributed by atoms with Gasteiger partial charge in [0.15, 0.2) is 0 Å². The van der Waals surface area contributed by atoms with Crippen molar-refractivity contribution in [2.75, 3.05) is 13.7 Å². The van der Waals surface area contributed by atoms with Crippen molar-refractivity contribution in [1.82, 2.24) is 0 Å². The molecule has 0 fully saturated rings. The number of fused-ring (bicyclic) bond motifs is 1. The Balaban J connectivity index is 2.53. The molecule has 1 aromatic carbocycles. The third-order valence-electron chi connectivity index (χ3n) is 3.03. The van der Waals surface area contributed by atoms with Crippen LogP contribution in [0.1, 0.15) is 17.5 Å². The lowest BCUT2D eigenvalue weighted by Crippen LogP contribution is -2.29. The molecular weight excluding hydrogens is 244 g/mol. The van der Waals surface area contributed by atoms with Crippen molar-refractivity contribution in [1.29, 1.82) is 0 Å². The van der Waals surface area contributed by atoms with Gasteiger partial charge in [0.2, 0.25) is 0 Å². The molecule has 3 heteroatoms. The van der Waals surface area contributed by atoms with Crippen LogP contribution < -0.4 is 0 Å². The first-order valence-electron chi connectivity index (χ1n) is 4.67. The summed E-state index contributed by atoms with van der Waals surface area (Å²) in [5.74, 6) is 0. The molecule has 1 aliphatic carbocycles. The zero-order valence-corrected chi connectivity index (χ0v) is 9.67. The maximum atomic E-state index is 9.41. The molecule has 0 saturated carbocycles. The maximum absolute atomic E-state index is 9.41. The summed E-state index contributed by atoms with van der Waals surface area (Å²) in [4.78, 5) is 0. The van der Waals surface area contributed by atoms with Crippen molar-refractivity contribution in [3.05, 3.63) is 33.8 Å². The van der Waals surface area contributed by atoms with E-state index >= 15 is 0 Å². The van der Waals surface area contributed by atoms with Crippen LogP contribution in [-0.4, -0.2) is 18.8 Å². The van der Waals surface area contributed by atoms with Crippen LogP contribution in [0.5, 0.6) is 0 Å². The van der Waals surface area contributed by atoms with Crippen LogP contribution in [0.25, 0.3) is 0 Å². The topological polar surface area (TPSA) is 29.5 Å². The smallest absolute Gasteiger partial charge is 0.116 e. The summed E-state index contributed by atoms with van der Waals surface area (Å²) >= 11 is 3.52. The first-order chi connectivity index (χ1) is 6.73. The second-order valence-electron chi connectivity index (χ2n) is 3.62. The first kappa shape index (κ1) is 10.1. The summed E-state index contributed by atoms with van der Waals surface area (Å²) in [5, 5.41) is 9.41. The zero-order chi connectivity index (χ0) is 10.2. The molecule has 1 atom stereocenters. The molecule has 14 heavy (non-hydrogen) atoms. The van der Waals surface area contributed by atoms with E-state index in [9.17, 15) is 5.11 Å². The molecule has 1 unspecified atom stereocenters. The van der Waals surface area contributed by atoms with Crippen molar-refractivity contribution in [2.24, 2.45) is 0 Å². The highest BCUT2D eigenvalue weighted by Gasteiger charge is 2.38. The fourth-order valence-electron chi connectivity index (χ4n) is 2.14. The predicted molar refractivity (Wildman–Crippen MR) is 58.2 cm³/mol. The van der Waals surface area contributed by atoms with Gasteiger partial charge in [0.25, 0.3) is 0 Å². The average Bonchev–Trinajstić information content (AvgIpc) is 2.59. The summed E-state index contributed by atoms with van der Waals surface area (Å²) in [6.45, 7) is 0.0486. The van der Waals surface area contributed by atoms with Gasteiger partial charge < -0.3 is 9.84 Å². The number of aliphatic hydroxyl groups is 1. The molecule has 0 spiro atoms. The third-order valence-corrected chi connectivity index (χ3v) is 3.78. The molecule has 0 radical (unpaired) electrons. The molecule has 0 aromatic heterocycles. The molecule has 0 bridgehead atoms. The fraction of sp³-hybridized carbons (Fsp3) is 0.455. The molecule has 2 nitrogen and oxygen atoms in total. The molecule has 1 N–H and O–H groups in total. The van der Waals surface area contributed by atoms with Gasteiger partial charge in [-0.15, -0.1) is 0 Å². The van der Waals surface area contributed by atoms with Gasteiger partial charge >= 0.3 is 0 Å². The van der Waals surface area contributed by atoms with Crippen LogP contribution in [0.4, 0.5) is 0 Å². The Morgan fingerprint density at radius 3 is 3.00 bits per heavy atom. The third kappa shape index (κ3) is 1.31. The van der Waals surface area contributed by atoms with E-state index in [1.807, 2.05) is 18.2 Å². The van der Waals surface area contributed by atoms with Crippen molar-refractivity contribution in [2.45, 2.75) is 18.4 Å². The number of hydrogen-bond donors (Lipinski definition) is 1. The first-order valence-corrected chi connectivity index (χ1v) is 5.47. The zero-order valence-electron chi connectivity index (χ0n) is 8.09. The normalized spacial score (nSPS) is 25.1. The van der Waals surface area contributed by atoms with Crippen LogP contribution in [0, 0.1) is 0 Å². The van der Waals surface area contributed by atoms with Gasteiger partial charge in [-0.1, -0.05) is 28.1 Å². The van der Waals surface area contributed by atoms with E-state index in [0.29, 0.717) is 0 Å². The monoisotopic (exact) mass is 256 g/mol. The van der Waals surface area contributed by atoms with Crippen molar-refractivity contribution in [3.8, 4) is 0 Å². The predicted octanol–water partition coefficient (Wildman–Crippen LogP) is 2.23. The maximum Gasteiger partial charge on any atom is 0.116 e. The Hall–Kier alpha value is -0.380. The van der Waals surface area contributed by atoms with Crippen LogP contribution in [0.15, 0.2) is 22.7 Å². The number of halogens is 1. The van der Waals surface area contributed by atoms with Crippen LogP contribution in [-0.2, 0) is 16.8 Å². The molecule has 0 amide bonds. The lowest BCUT2D eigenvalue weighted by molar-refractivity contribution is -0.0554. The van der Waals surface area contributed by atoms with E-state index in [-0.39, 0.29) is 6.61 Å². The Labute approximate surface area is 92.0 Å². The highest BCUT2D eigenvalue weighted by atomic mass is 79.9. The molecule has 1 aliphatic rings. The number of rotatable bonds is 2. The Morgan fingerprint density at radius 1 is 1.57 bits per heavy atom. The quantitative estimate of drug-likeness (QED) is 0.880. The molecule has 0 saturated heterocycles. The van der Waals surface area contributed by atoms with E-state index in [0.717, 1.165) is 22.9 Å². The Morgan fingerprint density at radius 2 is 2.36 bits per heavy atom. The highest BCUT2D eigenvalue weighted by Crippen LogP contribution is 2.41. The molecular formula is C11H13BrO2. The second kappa shape index (κ2) is 3.65. The number of ether oxygens (including phenoxy) is 1. The number of hydrogen-bond acceptors (Lipinski definition) is 2. The van der Waals surface area contributed by atoms with E-state index < -0.39 is 5.60 Å². The molecule has 1 aromatic rings. The van der Waals surface area contributed by atoms with Gasteiger partial charge in [-0.25, -0.2) is 0 Å². The van der Waals surface area contributed by atoms with E-state index in [4.69, 9.17) is 4.74 Å². The number of methoxy groups -OCH3 is 1. The molecule has 0 heterocycles. The lowest BCUT2D eigenvalue weighted by atomic mass is 9.97. The van der Waals surface area contributed by atoms with E-state index in [1.165, 1.54) is 5.56 Å². The summed E-state index contributed by atoms with van der Waals surface area (Å²) in [5.41, 5.74) is 1.92. The van der Waals surface area contributed by atoms with Crippen molar-refractivity contribution >= 4 is 15.9 Å². The summed E-state index contributed by atoms with van der Waals surface area (Å²) in [7, 11) is 1.66. The SMILES string of the molecule is COC1(CO)CCc2c(Br)cccc21.